The van der Waals surface area contributed by atoms with Crippen LogP contribution in [0.2, 0.25) is 0 Å². The zero-order valence-corrected chi connectivity index (χ0v) is 16.8. The van der Waals surface area contributed by atoms with Gasteiger partial charge in [-0.05, 0) is 38.1 Å². The minimum absolute atomic E-state index is 0.0509. The molecule has 0 saturated carbocycles. The summed E-state index contributed by atoms with van der Waals surface area (Å²) in [5.41, 5.74) is 4.47. The van der Waals surface area contributed by atoms with Gasteiger partial charge in [0.1, 0.15) is 6.54 Å². The van der Waals surface area contributed by atoms with Crippen LogP contribution >= 0.6 is 0 Å². The molecule has 0 aliphatic carbocycles. The number of aromatic nitrogens is 2. The van der Waals surface area contributed by atoms with Crippen LogP contribution in [-0.4, -0.2) is 34.8 Å². The molecule has 2 N–H and O–H groups in total. The van der Waals surface area contributed by atoms with Crippen molar-refractivity contribution in [3.63, 3.8) is 0 Å². The maximum absolute atomic E-state index is 12.4. The molecular formula is C21H22N4O5. The van der Waals surface area contributed by atoms with Crippen LogP contribution in [-0.2, 0) is 11.3 Å². The number of fused-ring (bicyclic) bond motifs is 1. The average molecular weight is 410 g/mol. The average Bonchev–Trinajstić information content (AvgIpc) is 2.74. The predicted molar refractivity (Wildman–Crippen MR) is 110 cm³/mol. The van der Waals surface area contributed by atoms with Gasteiger partial charge in [-0.2, -0.15) is 5.10 Å². The van der Waals surface area contributed by atoms with Gasteiger partial charge in [0, 0.05) is 10.9 Å². The van der Waals surface area contributed by atoms with E-state index in [4.69, 9.17) is 9.47 Å². The zero-order chi connectivity index (χ0) is 21.7. The molecule has 3 rings (SSSR count). The molecular weight excluding hydrogens is 388 g/mol. The monoisotopic (exact) mass is 410 g/mol. The molecule has 0 atom stereocenters. The van der Waals surface area contributed by atoms with E-state index in [9.17, 15) is 14.4 Å². The Morgan fingerprint density at radius 3 is 2.60 bits per heavy atom. The van der Waals surface area contributed by atoms with Gasteiger partial charge in [0.05, 0.1) is 24.8 Å². The Kier molecular flexibility index (Phi) is 6.31. The van der Waals surface area contributed by atoms with E-state index in [0.29, 0.717) is 22.3 Å². The second-order valence-electron chi connectivity index (χ2n) is 6.73. The van der Waals surface area contributed by atoms with Gasteiger partial charge < -0.3 is 9.47 Å². The van der Waals surface area contributed by atoms with Crippen molar-refractivity contribution in [2.24, 2.45) is 0 Å². The molecule has 3 aromatic rings. The highest BCUT2D eigenvalue weighted by molar-refractivity contribution is 5.96. The van der Waals surface area contributed by atoms with Gasteiger partial charge in [0.15, 0.2) is 11.5 Å². The van der Waals surface area contributed by atoms with Crippen LogP contribution in [0.25, 0.3) is 10.8 Å². The highest BCUT2D eigenvalue weighted by atomic mass is 16.5. The van der Waals surface area contributed by atoms with Crippen molar-refractivity contribution in [2.75, 3.05) is 7.11 Å². The fourth-order valence-corrected chi connectivity index (χ4v) is 2.77. The van der Waals surface area contributed by atoms with Crippen LogP contribution in [0, 0.1) is 0 Å². The van der Waals surface area contributed by atoms with Crippen molar-refractivity contribution in [2.45, 2.75) is 26.5 Å². The van der Waals surface area contributed by atoms with Crippen LogP contribution in [0.4, 0.5) is 0 Å². The number of hydrogen-bond donors (Lipinski definition) is 2. The Bertz CT molecular complexity index is 1140. The molecule has 156 valence electrons. The molecule has 0 bridgehead atoms. The fraction of sp³-hybridized carbons (Fsp3) is 0.238. The SMILES string of the molecule is COc1cc(C(=O)NNC(=O)Cn2ncc3ccccc3c2=O)ccc1OC(C)C. The largest absolute Gasteiger partial charge is 0.493 e. The molecule has 9 heteroatoms. The van der Waals surface area contributed by atoms with Gasteiger partial charge in [0.2, 0.25) is 0 Å². The number of nitrogens with one attached hydrogen (secondary N) is 2. The van der Waals surface area contributed by atoms with Crippen molar-refractivity contribution in [1.29, 1.82) is 0 Å². The Balaban J connectivity index is 1.64. The first-order valence-corrected chi connectivity index (χ1v) is 9.27. The quantitative estimate of drug-likeness (QED) is 0.598. The van der Waals surface area contributed by atoms with Crippen LogP contribution in [0.1, 0.15) is 24.2 Å². The minimum Gasteiger partial charge on any atom is -0.493 e. The van der Waals surface area contributed by atoms with Gasteiger partial charge in [-0.1, -0.05) is 18.2 Å². The first-order chi connectivity index (χ1) is 14.4. The number of amides is 2. The lowest BCUT2D eigenvalue weighted by molar-refractivity contribution is -0.122. The molecule has 1 heterocycles. The minimum atomic E-state index is -0.597. The third kappa shape index (κ3) is 4.75. The van der Waals surface area contributed by atoms with Crippen LogP contribution < -0.4 is 25.9 Å². The maximum Gasteiger partial charge on any atom is 0.275 e. The third-order valence-electron chi connectivity index (χ3n) is 4.16. The standard InChI is InChI=1S/C21H22N4O5/c1-13(2)30-17-9-8-14(10-18(17)29-3)20(27)24-23-19(26)12-25-21(28)16-7-5-4-6-15(16)11-22-25/h4-11,13H,12H2,1-3H3,(H,23,26)(H,24,27). The number of nitrogens with zero attached hydrogens (tertiary/aromatic N) is 2. The van der Waals surface area contributed by atoms with Gasteiger partial charge >= 0.3 is 0 Å². The van der Waals surface area contributed by atoms with Crippen LogP contribution in [0.5, 0.6) is 11.5 Å². The normalized spacial score (nSPS) is 10.7. The molecule has 0 saturated heterocycles. The molecule has 2 aromatic carbocycles. The van der Waals surface area contributed by atoms with E-state index in [0.717, 1.165) is 4.68 Å². The third-order valence-corrected chi connectivity index (χ3v) is 4.16. The van der Waals surface area contributed by atoms with Crippen LogP contribution in [0.15, 0.2) is 53.5 Å². The number of rotatable bonds is 6. The summed E-state index contributed by atoms with van der Waals surface area (Å²) in [4.78, 5) is 36.9. The second kappa shape index (κ2) is 9.08. The molecule has 0 spiro atoms. The summed E-state index contributed by atoms with van der Waals surface area (Å²) >= 11 is 0. The topological polar surface area (TPSA) is 112 Å². The van der Waals surface area contributed by atoms with Gasteiger partial charge in [0.25, 0.3) is 17.4 Å². The van der Waals surface area contributed by atoms with Crippen molar-refractivity contribution in [3.05, 3.63) is 64.6 Å². The van der Waals surface area contributed by atoms with E-state index in [1.807, 2.05) is 13.8 Å². The maximum atomic E-state index is 12.4. The van der Waals surface area contributed by atoms with Gasteiger partial charge in [-0.25, -0.2) is 4.68 Å². The van der Waals surface area contributed by atoms with E-state index in [1.165, 1.54) is 19.4 Å². The molecule has 0 aliphatic rings. The second-order valence-corrected chi connectivity index (χ2v) is 6.73. The van der Waals surface area contributed by atoms with Crippen LogP contribution in [0.3, 0.4) is 0 Å². The molecule has 9 nitrogen and oxygen atoms in total. The lowest BCUT2D eigenvalue weighted by Crippen LogP contribution is -2.44. The number of carbonyl (C=O) groups is 2. The number of hydrazine groups is 1. The summed E-state index contributed by atoms with van der Waals surface area (Å²) in [5.74, 6) is -0.235. The van der Waals surface area contributed by atoms with Gasteiger partial charge in [-0.3, -0.25) is 25.2 Å². The zero-order valence-electron chi connectivity index (χ0n) is 16.8. The number of carbonyl (C=O) groups excluding carboxylic acids is 2. The first kappa shape index (κ1) is 20.8. The lowest BCUT2D eigenvalue weighted by atomic mass is 10.2. The molecule has 0 aliphatic heterocycles. The predicted octanol–water partition coefficient (Wildman–Crippen LogP) is 1.65. The molecule has 0 unspecified atom stereocenters. The smallest absolute Gasteiger partial charge is 0.275 e. The van der Waals surface area contributed by atoms with E-state index < -0.39 is 11.8 Å². The van der Waals surface area contributed by atoms with Crippen molar-refractivity contribution in [1.82, 2.24) is 20.6 Å². The number of methoxy groups -OCH3 is 1. The Morgan fingerprint density at radius 2 is 1.87 bits per heavy atom. The molecule has 0 fully saturated rings. The summed E-state index contributed by atoms with van der Waals surface area (Å²) in [6.07, 6.45) is 1.46. The Hall–Kier alpha value is -3.88. The lowest BCUT2D eigenvalue weighted by Gasteiger charge is -2.14. The molecule has 30 heavy (non-hydrogen) atoms. The Labute approximate surface area is 172 Å². The van der Waals surface area contributed by atoms with Crippen molar-refractivity contribution >= 4 is 22.6 Å². The number of ether oxygens (including phenoxy) is 2. The summed E-state index contributed by atoms with van der Waals surface area (Å²) in [7, 11) is 1.47. The molecule has 0 radical (unpaired) electrons. The van der Waals surface area contributed by atoms with Crippen molar-refractivity contribution in [3.8, 4) is 11.5 Å². The fourth-order valence-electron chi connectivity index (χ4n) is 2.77. The number of hydrogen-bond acceptors (Lipinski definition) is 6. The van der Waals surface area contributed by atoms with Crippen molar-refractivity contribution < 1.29 is 19.1 Å². The summed E-state index contributed by atoms with van der Waals surface area (Å²) in [5, 5.41) is 5.13. The Morgan fingerprint density at radius 1 is 1.10 bits per heavy atom. The summed E-state index contributed by atoms with van der Waals surface area (Å²) in [6.45, 7) is 3.42. The summed E-state index contributed by atoms with van der Waals surface area (Å²) in [6, 6.07) is 11.6. The summed E-state index contributed by atoms with van der Waals surface area (Å²) < 4.78 is 11.9. The van der Waals surface area contributed by atoms with Gasteiger partial charge in [-0.15, -0.1) is 0 Å². The molecule has 1 aromatic heterocycles. The highest BCUT2D eigenvalue weighted by Crippen LogP contribution is 2.28. The number of benzene rings is 2. The first-order valence-electron chi connectivity index (χ1n) is 9.27. The van der Waals surface area contributed by atoms with E-state index in [-0.39, 0.29) is 23.8 Å². The molecule has 2 amide bonds. The van der Waals surface area contributed by atoms with E-state index in [1.54, 1.807) is 36.4 Å². The van der Waals surface area contributed by atoms with E-state index in [2.05, 4.69) is 16.0 Å². The highest BCUT2D eigenvalue weighted by Gasteiger charge is 2.14. The van der Waals surface area contributed by atoms with E-state index >= 15 is 0 Å².